The van der Waals surface area contributed by atoms with Gasteiger partial charge in [0.05, 0.1) is 19.3 Å². The molecule has 0 bridgehead atoms. The number of aromatic nitrogens is 2. The van der Waals surface area contributed by atoms with Crippen LogP contribution >= 0.6 is 0 Å². The summed E-state index contributed by atoms with van der Waals surface area (Å²) in [5.74, 6) is 2.64. The van der Waals surface area contributed by atoms with Gasteiger partial charge in [0.25, 0.3) is 5.89 Å². The van der Waals surface area contributed by atoms with Crippen LogP contribution in [0.15, 0.2) is 22.7 Å². The monoisotopic (exact) mass is 329 g/mol. The Kier molecular flexibility index (Phi) is 3.95. The summed E-state index contributed by atoms with van der Waals surface area (Å²) >= 11 is 0. The molecule has 1 atom stereocenters. The third kappa shape index (κ3) is 2.88. The highest BCUT2D eigenvalue weighted by Gasteiger charge is 2.26. The van der Waals surface area contributed by atoms with Crippen molar-refractivity contribution in [3.8, 4) is 11.5 Å². The zero-order valence-electron chi connectivity index (χ0n) is 13.7. The number of likely N-dealkylation sites (N-methyl/N-ethyl adjacent to an activating group) is 1. The Balaban J connectivity index is 1.59. The maximum atomic E-state index is 5.77. The van der Waals surface area contributed by atoms with Gasteiger partial charge in [-0.15, -0.1) is 0 Å². The second-order valence-electron chi connectivity index (χ2n) is 5.94. The van der Waals surface area contributed by atoms with Crippen LogP contribution in [0.2, 0.25) is 0 Å². The molecular weight excluding hydrogens is 310 g/mol. The van der Waals surface area contributed by atoms with Gasteiger partial charge in [-0.3, -0.25) is 0 Å². The van der Waals surface area contributed by atoms with E-state index >= 15 is 0 Å². The number of morpholine rings is 1. The van der Waals surface area contributed by atoms with Gasteiger partial charge in [-0.25, -0.2) is 0 Å². The van der Waals surface area contributed by atoms with E-state index in [1.807, 2.05) is 24.3 Å². The summed E-state index contributed by atoms with van der Waals surface area (Å²) in [7, 11) is 3.69. The Bertz CT molecular complexity index is 771. The van der Waals surface area contributed by atoms with Crippen molar-refractivity contribution < 1.29 is 18.7 Å². The molecule has 2 aromatic rings. The van der Waals surface area contributed by atoms with Gasteiger partial charge in [-0.1, -0.05) is 5.16 Å². The Hall–Kier alpha value is -2.38. The molecule has 0 aliphatic carbocycles. The van der Waals surface area contributed by atoms with Crippen molar-refractivity contribution in [2.75, 3.05) is 40.5 Å². The topological polar surface area (TPSA) is 69.9 Å². The predicted octanol–water partition coefficient (Wildman–Crippen LogP) is 2.01. The van der Waals surface area contributed by atoms with Gasteiger partial charge >= 0.3 is 0 Å². The number of rotatable bonds is 3. The first-order valence-corrected chi connectivity index (χ1v) is 7.88. The van der Waals surface area contributed by atoms with Crippen molar-refractivity contribution >= 4 is 11.6 Å². The van der Waals surface area contributed by atoms with E-state index < -0.39 is 0 Å². The lowest BCUT2D eigenvalue weighted by Gasteiger charge is -2.27. The summed E-state index contributed by atoms with van der Waals surface area (Å²) in [5, 5.41) is 4.08. The third-order valence-electron chi connectivity index (χ3n) is 4.20. The number of hydrogen-bond donors (Lipinski definition) is 0. The highest BCUT2D eigenvalue weighted by Crippen LogP contribution is 2.33. The molecule has 1 fully saturated rings. The van der Waals surface area contributed by atoms with Gasteiger partial charge in [-0.2, -0.15) is 4.98 Å². The normalized spacial score (nSPS) is 20.9. The summed E-state index contributed by atoms with van der Waals surface area (Å²) in [5.41, 5.74) is 1.78. The van der Waals surface area contributed by atoms with E-state index in [0.717, 1.165) is 35.7 Å². The van der Waals surface area contributed by atoms with E-state index in [1.165, 1.54) is 0 Å². The maximum absolute atomic E-state index is 5.77. The van der Waals surface area contributed by atoms with Crippen LogP contribution in [-0.4, -0.2) is 55.5 Å². The third-order valence-corrected chi connectivity index (χ3v) is 4.20. The summed E-state index contributed by atoms with van der Waals surface area (Å²) in [6, 6.07) is 5.69. The van der Waals surface area contributed by atoms with Crippen LogP contribution in [0.25, 0.3) is 11.6 Å². The van der Waals surface area contributed by atoms with E-state index in [-0.39, 0.29) is 6.10 Å². The van der Waals surface area contributed by atoms with Gasteiger partial charge in [0.2, 0.25) is 5.82 Å². The van der Waals surface area contributed by atoms with Gasteiger partial charge in [0.1, 0.15) is 24.2 Å². The molecule has 7 nitrogen and oxygen atoms in total. The Morgan fingerprint density at radius 2 is 2.25 bits per heavy atom. The molecule has 126 valence electrons. The fraction of sp³-hybridized carbons (Fsp3) is 0.412. The maximum Gasteiger partial charge on any atom is 0.257 e. The quantitative estimate of drug-likeness (QED) is 0.853. The van der Waals surface area contributed by atoms with E-state index in [0.29, 0.717) is 24.9 Å². The van der Waals surface area contributed by atoms with Crippen molar-refractivity contribution in [2.24, 2.45) is 0 Å². The number of ether oxygens (including phenoxy) is 3. The van der Waals surface area contributed by atoms with E-state index in [4.69, 9.17) is 18.7 Å². The molecule has 1 saturated heterocycles. The minimum absolute atomic E-state index is 0.154. The molecule has 0 amide bonds. The van der Waals surface area contributed by atoms with Crippen LogP contribution in [0.3, 0.4) is 0 Å². The van der Waals surface area contributed by atoms with Crippen LogP contribution in [-0.2, 0) is 4.74 Å². The number of nitrogens with zero attached hydrogens (tertiary/aromatic N) is 3. The van der Waals surface area contributed by atoms with E-state index in [1.54, 1.807) is 7.11 Å². The number of benzene rings is 1. The molecule has 1 unspecified atom stereocenters. The molecule has 0 N–H and O–H groups in total. The molecule has 1 aromatic carbocycles. The minimum Gasteiger partial charge on any atom is -0.497 e. The predicted molar refractivity (Wildman–Crippen MR) is 86.8 cm³/mol. The minimum atomic E-state index is -0.154. The van der Waals surface area contributed by atoms with E-state index in [2.05, 4.69) is 22.1 Å². The highest BCUT2D eigenvalue weighted by molar-refractivity contribution is 5.83. The van der Waals surface area contributed by atoms with Crippen molar-refractivity contribution in [1.29, 1.82) is 0 Å². The lowest BCUT2D eigenvalue weighted by Crippen LogP contribution is -2.35. The Morgan fingerprint density at radius 1 is 1.33 bits per heavy atom. The standard InChI is InChI=1S/C17H19N3O4/c1-20-5-6-22-15(9-20)16-18-17(24-19-16)12-7-11-8-13(21-2)3-4-14(11)23-10-12/h3-4,7-8,15H,5-6,9-10H2,1-2H3. The van der Waals surface area contributed by atoms with Crippen LogP contribution < -0.4 is 9.47 Å². The first kappa shape index (κ1) is 15.2. The molecule has 0 radical (unpaired) electrons. The van der Waals surface area contributed by atoms with E-state index in [9.17, 15) is 0 Å². The largest absolute Gasteiger partial charge is 0.497 e. The second-order valence-corrected chi connectivity index (χ2v) is 5.94. The lowest BCUT2D eigenvalue weighted by molar-refractivity contribution is -0.0264. The average molecular weight is 329 g/mol. The van der Waals surface area contributed by atoms with Crippen molar-refractivity contribution in [3.05, 3.63) is 35.5 Å². The zero-order chi connectivity index (χ0) is 16.5. The molecule has 3 heterocycles. The number of methoxy groups -OCH3 is 1. The summed E-state index contributed by atoms with van der Waals surface area (Å²) in [6.07, 6.45) is 1.84. The van der Waals surface area contributed by atoms with Crippen LogP contribution in [0.5, 0.6) is 11.5 Å². The molecule has 2 aliphatic rings. The van der Waals surface area contributed by atoms with Gasteiger partial charge in [0.15, 0.2) is 0 Å². The molecule has 1 aromatic heterocycles. The zero-order valence-corrected chi connectivity index (χ0v) is 13.7. The summed E-state index contributed by atoms with van der Waals surface area (Å²) < 4.78 is 22.2. The Labute approximate surface area is 139 Å². The van der Waals surface area contributed by atoms with Gasteiger partial charge in [-0.05, 0) is 31.3 Å². The number of hydrogen-bond acceptors (Lipinski definition) is 7. The summed E-state index contributed by atoms with van der Waals surface area (Å²) in [6.45, 7) is 2.74. The van der Waals surface area contributed by atoms with Gasteiger partial charge in [0, 0.05) is 18.7 Å². The molecule has 7 heteroatoms. The second kappa shape index (κ2) is 6.26. The van der Waals surface area contributed by atoms with Crippen LogP contribution in [0, 0.1) is 0 Å². The van der Waals surface area contributed by atoms with Crippen molar-refractivity contribution in [3.63, 3.8) is 0 Å². The first-order valence-electron chi connectivity index (χ1n) is 7.88. The molecule has 0 saturated carbocycles. The SMILES string of the molecule is COc1ccc2c(c1)C=C(c1nc(C3CN(C)CCO3)no1)CO2. The van der Waals surface area contributed by atoms with Crippen LogP contribution in [0.4, 0.5) is 0 Å². The lowest BCUT2D eigenvalue weighted by atomic mass is 10.1. The molecule has 4 rings (SSSR count). The smallest absolute Gasteiger partial charge is 0.257 e. The fourth-order valence-corrected chi connectivity index (χ4v) is 2.84. The summed E-state index contributed by atoms with van der Waals surface area (Å²) in [4.78, 5) is 6.69. The molecule has 2 aliphatic heterocycles. The first-order chi connectivity index (χ1) is 11.7. The van der Waals surface area contributed by atoms with Crippen molar-refractivity contribution in [1.82, 2.24) is 15.0 Å². The highest BCUT2D eigenvalue weighted by atomic mass is 16.5. The molecular formula is C17H19N3O4. The molecule has 0 spiro atoms. The molecule has 24 heavy (non-hydrogen) atoms. The average Bonchev–Trinajstić information content (AvgIpc) is 3.11. The Morgan fingerprint density at radius 3 is 3.08 bits per heavy atom. The van der Waals surface area contributed by atoms with Gasteiger partial charge < -0.3 is 23.6 Å². The van der Waals surface area contributed by atoms with Crippen LogP contribution in [0.1, 0.15) is 23.4 Å². The fourth-order valence-electron chi connectivity index (χ4n) is 2.84. The van der Waals surface area contributed by atoms with Crippen molar-refractivity contribution in [2.45, 2.75) is 6.10 Å². The number of fused-ring (bicyclic) bond motifs is 1.